The number of benzene rings is 2. The molecule has 1 aliphatic heterocycles. The monoisotopic (exact) mass is 379 g/mol. The van der Waals surface area contributed by atoms with Gasteiger partial charge < -0.3 is 15.5 Å². The molecule has 28 heavy (non-hydrogen) atoms. The zero-order valence-corrected chi connectivity index (χ0v) is 16.5. The molecule has 1 fully saturated rings. The molecular formula is C23H29N3O2. The molecule has 3 rings (SSSR count). The van der Waals surface area contributed by atoms with Crippen molar-refractivity contribution in [2.75, 3.05) is 29.9 Å². The maximum absolute atomic E-state index is 12.5. The van der Waals surface area contributed by atoms with E-state index in [-0.39, 0.29) is 11.8 Å². The molecule has 1 saturated heterocycles. The lowest BCUT2D eigenvalue weighted by molar-refractivity contribution is 0.0951. The van der Waals surface area contributed by atoms with Gasteiger partial charge in [0.1, 0.15) is 0 Å². The summed E-state index contributed by atoms with van der Waals surface area (Å²) < 4.78 is 0. The van der Waals surface area contributed by atoms with E-state index in [2.05, 4.69) is 22.5 Å². The molecule has 5 heteroatoms. The topological polar surface area (TPSA) is 61.4 Å². The predicted molar refractivity (Wildman–Crippen MR) is 114 cm³/mol. The summed E-state index contributed by atoms with van der Waals surface area (Å²) in [5.74, 6) is -0.274. The van der Waals surface area contributed by atoms with Crippen molar-refractivity contribution in [3.63, 3.8) is 0 Å². The van der Waals surface area contributed by atoms with Crippen molar-refractivity contribution in [2.24, 2.45) is 0 Å². The Balaban J connectivity index is 1.53. The lowest BCUT2D eigenvalue weighted by atomic mass is 10.1. The molecule has 2 amide bonds. The summed E-state index contributed by atoms with van der Waals surface area (Å²) in [5, 5.41) is 5.82. The fraction of sp³-hybridized carbons (Fsp3) is 0.391. The van der Waals surface area contributed by atoms with Crippen LogP contribution in [0.5, 0.6) is 0 Å². The average molecular weight is 380 g/mol. The summed E-state index contributed by atoms with van der Waals surface area (Å²) in [6, 6.07) is 14.7. The highest BCUT2D eigenvalue weighted by molar-refractivity contribution is 6.05. The fourth-order valence-corrected chi connectivity index (χ4v) is 3.39. The molecule has 1 heterocycles. The van der Waals surface area contributed by atoms with Gasteiger partial charge in [-0.25, -0.2) is 0 Å². The molecule has 5 nitrogen and oxygen atoms in total. The highest BCUT2D eigenvalue weighted by Gasteiger charge is 2.13. The first-order chi connectivity index (χ1) is 13.7. The molecular weight excluding hydrogens is 350 g/mol. The van der Waals surface area contributed by atoms with Crippen molar-refractivity contribution < 1.29 is 9.59 Å². The van der Waals surface area contributed by atoms with Crippen molar-refractivity contribution in [1.29, 1.82) is 0 Å². The standard InChI is InChI=1S/C23H29N3O2/c1-2-3-4-15-24-22(27)18-7-9-19(10-8-18)23(28)25-20-11-13-21(14-12-20)26-16-5-6-17-26/h7-14H,2-6,15-17H2,1H3,(H,24,27)(H,25,28). The Morgan fingerprint density at radius 3 is 2.07 bits per heavy atom. The number of carbonyl (C=O) groups is 2. The van der Waals surface area contributed by atoms with Crippen molar-refractivity contribution >= 4 is 23.2 Å². The normalized spacial score (nSPS) is 13.4. The van der Waals surface area contributed by atoms with Crippen LogP contribution in [0.1, 0.15) is 59.7 Å². The second-order valence-corrected chi connectivity index (χ2v) is 7.24. The third kappa shape index (κ3) is 5.35. The van der Waals surface area contributed by atoms with Gasteiger partial charge in [0, 0.05) is 42.1 Å². The number of carbonyl (C=O) groups excluding carboxylic acids is 2. The van der Waals surface area contributed by atoms with Gasteiger partial charge in [0.2, 0.25) is 0 Å². The fourth-order valence-electron chi connectivity index (χ4n) is 3.39. The molecule has 2 N–H and O–H groups in total. The highest BCUT2D eigenvalue weighted by atomic mass is 16.2. The summed E-state index contributed by atoms with van der Waals surface area (Å²) in [5.41, 5.74) is 3.07. The van der Waals surface area contributed by atoms with Gasteiger partial charge in [-0.2, -0.15) is 0 Å². The van der Waals surface area contributed by atoms with E-state index in [0.717, 1.165) is 38.0 Å². The highest BCUT2D eigenvalue weighted by Crippen LogP contribution is 2.22. The molecule has 0 atom stereocenters. The van der Waals surface area contributed by atoms with Crippen LogP contribution in [-0.2, 0) is 0 Å². The minimum absolute atomic E-state index is 0.0967. The van der Waals surface area contributed by atoms with Crippen LogP contribution in [0.15, 0.2) is 48.5 Å². The van der Waals surface area contributed by atoms with E-state index < -0.39 is 0 Å². The van der Waals surface area contributed by atoms with E-state index in [0.29, 0.717) is 17.7 Å². The van der Waals surface area contributed by atoms with Gasteiger partial charge in [0.15, 0.2) is 0 Å². The lowest BCUT2D eigenvalue weighted by Crippen LogP contribution is -2.24. The zero-order chi connectivity index (χ0) is 19.8. The van der Waals surface area contributed by atoms with Crippen molar-refractivity contribution in [3.8, 4) is 0 Å². The Morgan fingerprint density at radius 1 is 0.857 bits per heavy atom. The Morgan fingerprint density at radius 2 is 1.46 bits per heavy atom. The van der Waals surface area contributed by atoms with E-state index in [1.54, 1.807) is 24.3 Å². The quantitative estimate of drug-likeness (QED) is 0.666. The van der Waals surface area contributed by atoms with Crippen LogP contribution in [0.2, 0.25) is 0 Å². The Labute approximate surface area is 167 Å². The first kappa shape index (κ1) is 19.9. The molecule has 0 aliphatic carbocycles. The molecule has 0 aromatic heterocycles. The van der Waals surface area contributed by atoms with E-state index in [1.807, 2.05) is 24.3 Å². The third-order valence-corrected chi connectivity index (χ3v) is 5.07. The van der Waals surface area contributed by atoms with E-state index >= 15 is 0 Å². The molecule has 0 spiro atoms. The number of anilines is 2. The summed E-state index contributed by atoms with van der Waals surface area (Å²) in [4.78, 5) is 26.9. The van der Waals surface area contributed by atoms with E-state index in [1.165, 1.54) is 18.5 Å². The third-order valence-electron chi connectivity index (χ3n) is 5.07. The maximum atomic E-state index is 12.5. The number of hydrogen-bond acceptors (Lipinski definition) is 3. The minimum atomic E-state index is -0.177. The van der Waals surface area contributed by atoms with Crippen molar-refractivity contribution in [1.82, 2.24) is 5.32 Å². The van der Waals surface area contributed by atoms with Crippen LogP contribution >= 0.6 is 0 Å². The van der Waals surface area contributed by atoms with Crippen LogP contribution < -0.4 is 15.5 Å². The van der Waals surface area contributed by atoms with Crippen LogP contribution in [0.4, 0.5) is 11.4 Å². The molecule has 1 aliphatic rings. The van der Waals surface area contributed by atoms with Gasteiger partial charge in [0.25, 0.3) is 11.8 Å². The molecule has 2 aromatic rings. The van der Waals surface area contributed by atoms with Gasteiger partial charge in [-0.05, 0) is 67.8 Å². The van der Waals surface area contributed by atoms with Crippen LogP contribution in [0.25, 0.3) is 0 Å². The van der Waals surface area contributed by atoms with E-state index in [4.69, 9.17) is 0 Å². The minimum Gasteiger partial charge on any atom is -0.372 e. The second kappa shape index (κ2) is 9.93. The maximum Gasteiger partial charge on any atom is 0.255 e. The van der Waals surface area contributed by atoms with Crippen molar-refractivity contribution in [3.05, 3.63) is 59.7 Å². The van der Waals surface area contributed by atoms with Gasteiger partial charge in [-0.1, -0.05) is 19.8 Å². The van der Waals surface area contributed by atoms with Gasteiger partial charge >= 0.3 is 0 Å². The molecule has 2 aromatic carbocycles. The Kier molecular flexibility index (Phi) is 7.06. The SMILES string of the molecule is CCCCCNC(=O)c1ccc(C(=O)Nc2ccc(N3CCCC3)cc2)cc1. The molecule has 0 radical (unpaired) electrons. The number of unbranched alkanes of at least 4 members (excludes halogenated alkanes) is 2. The second-order valence-electron chi connectivity index (χ2n) is 7.24. The lowest BCUT2D eigenvalue weighted by Gasteiger charge is -2.17. The van der Waals surface area contributed by atoms with Gasteiger partial charge in [-0.3, -0.25) is 9.59 Å². The molecule has 0 saturated carbocycles. The molecule has 148 valence electrons. The number of hydrogen-bond donors (Lipinski definition) is 2. The van der Waals surface area contributed by atoms with Crippen LogP contribution in [0, 0.1) is 0 Å². The molecule has 0 unspecified atom stereocenters. The molecule has 0 bridgehead atoms. The first-order valence-electron chi connectivity index (χ1n) is 10.2. The first-order valence-corrected chi connectivity index (χ1v) is 10.2. The van der Waals surface area contributed by atoms with E-state index in [9.17, 15) is 9.59 Å². The average Bonchev–Trinajstić information content (AvgIpc) is 3.26. The number of amides is 2. The van der Waals surface area contributed by atoms with Gasteiger partial charge in [-0.15, -0.1) is 0 Å². The van der Waals surface area contributed by atoms with Crippen molar-refractivity contribution in [2.45, 2.75) is 39.0 Å². The van der Waals surface area contributed by atoms with Crippen LogP contribution in [-0.4, -0.2) is 31.4 Å². The number of nitrogens with zero attached hydrogens (tertiary/aromatic N) is 1. The number of rotatable bonds is 8. The Hall–Kier alpha value is -2.82. The predicted octanol–water partition coefficient (Wildman–Crippen LogP) is 4.46. The zero-order valence-electron chi connectivity index (χ0n) is 16.5. The summed E-state index contributed by atoms with van der Waals surface area (Å²) in [6.45, 7) is 5.02. The van der Waals surface area contributed by atoms with Gasteiger partial charge in [0.05, 0.1) is 0 Å². The summed E-state index contributed by atoms with van der Waals surface area (Å²) >= 11 is 0. The smallest absolute Gasteiger partial charge is 0.255 e. The Bertz CT molecular complexity index is 778. The summed E-state index contributed by atoms with van der Waals surface area (Å²) in [7, 11) is 0. The van der Waals surface area contributed by atoms with Crippen LogP contribution in [0.3, 0.4) is 0 Å². The number of nitrogens with one attached hydrogen (secondary N) is 2. The largest absolute Gasteiger partial charge is 0.372 e. The summed E-state index contributed by atoms with van der Waals surface area (Å²) in [6.07, 6.45) is 5.70.